The van der Waals surface area contributed by atoms with Crippen molar-refractivity contribution in [2.75, 3.05) is 6.61 Å². The van der Waals surface area contributed by atoms with E-state index in [0.717, 1.165) is 12.8 Å². The van der Waals surface area contributed by atoms with E-state index in [-0.39, 0.29) is 43.4 Å². The minimum Gasteiger partial charge on any atom is -0.462 e. The van der Waals surface area contributed by atoms with Gasteiger partial charge in [-0.3, -0.25) is 9.59 Å². The van der Waals surface area contributed by atoms with Gasteiger partial charge in [-0.15, -0.1) is 0 Å². The summed E-state index contributed by atoms with van der Waals surface area (Å²) in [6.45, 7) is 8.17. The highest BCUT2D eigenvalue weighted by molar-refractivity contribution is 5.77. The van der Waals surface area contributed by atoms with Gasteiger partial charge in [0.15, 0.2) is 0 Å². The highest BCUT2D eigenvalue weighted by Gasteiger charge is 2.14. The number of ether oxygens (including phenoxy) is 2. The molecule has 1 atom stereocenters. The van der Waals surface area contributed by atoms with Crippen LogP contribution in [-0.4, -0.2) is 24.6 Å². The highest BCUT2D eigenvalue weighted by Crippen LogP contribution is 2.07. The van der Waals surface area contributed by atoms with Crippen molar-refractivity contribution in [2.45, 2.75) is 59.5 Å². The monoisotopic (exact) mass is 270 g/mol. The van der Waals surface area contributed by atoms with E-state index in [9.17, 15) is 9.59 Å². The Labute approximate surface area is 116 Å². The lowest BCUT2D eigenvalue weighted by atomic mass is 10.1. The number of hydrogen-bond donors (Lipinski definition) is 0. The Hall–Kier alpha value is -1.32. The second-order valence-electron chi connectivity index (χ2n) is 4.88. The van der Waals surface area contributed by atoms with Gasteiger partial charge in [-0.05, 0) is 19.3 Å². The minimum atomic E-state index is -0.365. The second kappa shape index (κ2) is 10.6. The van der Waals surface area contributed by atoms with Crippen molar-refractivity contribution in [3.63, 3.8) is 0 Å². The second-order valence-corrected chi connectivity index (χ2v) is 4.88. The van der Waals surface area contributed by atoms with Crippen LogP contribution in [0.5, 0.6) is 0 Å². The van der Waals surface area contributed by atoms with E-state index in [4.69, 9.17) is 9.47 Å². The minimum absolute atomic E-state index is 0.0747. The maximum Gasteiger partial charge on any atom is 0.306 e. The van der Waals surface area contributed by atoms with Gasteiger partial charge < -0.3 is 9.47 Å². The zero-order valence-corrected chi connectivity index (χ0v) is 12.5. The van der Waals surface area contributed by atoms with E-state index in [1.807, 2.05) is 32.9 Å². The normalized spacial score (nSPS) is 12.7. The van der Waals surface area contributed by atoms with Crippen LogP contribution in [0, 0.1) is 5.92 Å². The molecule has 0 saturated heterocycles. The van der Waals surface area contributed by atoms with E-state index in [2.05, 4.69) is 6.92 Å². The summed E-state index contributed by atoms with van der Waals surface area (Å²) in [6.07, 6.45) is 5.88. The van der Waals surface area contributed by atoms with Crippen molar-refractivity contribution >= 4 is 11.9 Å². The molecule has 0 rings (SSSR count). The van der Waals surface area contributed by atoms with E-state index in [0.29, 0.717) is 0 Å². The molecule has 0 aliphatic rings. The van der Waals surface area contributed by atoms with Gasteiger partial charge in [-0.1, -0.05) is 39.3 Å². The summed E-state index contributed by atoms with van der Waals surface area (Å²) in [5.41, 5.74) is 0. The van der Waals surface area contributed by atoms with Crippen molar-refractivity contribution in [1.82, 2.24) is 0 Å². The van der Waals surface area contributed by atoms with Gasteiger partial charge in [-0.2, -0.15) is 0 Å². The van der Waals surface area contributed by atoms with Gasteiger partial charge in [0.25, 0.3) is 0 Å². The first-order valence-electron chi connectivity index (χ1n) is 6.97. The summed E-state index contributed by atoms with van der Waals surface area (Å²) in [4.78, 5) is 22.8. The first-order valence-corrected chi connectivity index (χ1v) is 6.97. The smallest absolute Gasteiger partial charge is 0.306 e. The molecule has 0 bridgehead atoms. The van der Waals surface area contributed by atoms with E-state index in [1.54, 1.807) is 0 Å². The third-order valence-electron chi connectivity index (χ3n) is 2.75. The maximum atomic E-state index is 11.4. The molecule has 0 radical (unpaired) electrons. The Kier molecular flexibility index (Phi) is 9.85. The average Bonchev–Trinajstić information content (AvgIpc) is 2.36. The molecule has 0 aromatic carbocycles. The van der Waals surface area contributed by atoms with Gasteiger partial charge in [0, 0.05) is 0 Å². The zero-order valence-electron chi connectivity index (χ0n) is 12.5. The fraction of sp³-hybridized carbons (Fsp3) is 0.733. The van der Waals surface area contributed by atoms with Crippen molar-refractivity contribution < 1.29 is 19.1 Å². The number of rotatable bonds is 9. The van der Waals surface area contributed by atoms with E-state index in [1.165, 1.54) is 0 Å². The fourth-order valence-corrected chi connectivity index (χ4v) is 1.17. The first-order chi connectivity index (χ1) is 8.97. The van der Waals surface area contributed by atoms with Crippen LogP contribution in [0.25, 0.3) is 0 Å². The standard InChI is InChI=1S/C15H26O4/c1-5-6-7-8-11-18-14(16)9-10-15(17)19-13(4)12(2)3/h7-8,12-13H,5-6,9-11H2,1-4H3/b8-7-. The van der Waals surface area contributed by atoms with Crippen LogP contribution in [0.2, 0.25) is 0 Å². The van der Waals surface area contributed by atoms with Gasteiger partial charge in [0.05, 0.1) is 12.8 Å². The lowest BCUT2D eigenvalue weighted by molar-refractivity contribution is -0.154. The number of esters is 2. The van der Waals surface area contributed by atoms with Crippen LogP contribution in [0.1, 0.15) is 53.4 Å². The molecule has 110 valence electrons. The molecule has 4 nitrogen and oxygen atoms in total. The zero-order chi connectivity index (χ0) is 14.7. The molecule has 0 fully saturated rings. The largest absolute Gasteiger partial charge is 0.462 e. The summed E-state index contributed by atoms with van der Waals surface area (Å²) in [5.74, 6) is -0.436. The summed E-state index contributed by atoms with van der Waals surface area (Å²) >= 11 is 0. The van der Waals surface area contributed by atoms with Crippen LogP contribution >= 0.6 is 0 Å². The Balaban J connectivity index is 3.70. The third kappa shape index (κ3) is 10.3. The molecule has 0 N–H and O–H groups in total. The lowest BCUT2D eigenvalue weighted by Crippen LogP contribution is -2.20. The molecule has 0 aromatic heterocycles. The third-order valence-corrected chi connectivity index (χ3v) is 2.75. The van der Waals surface area contributed by atoms with E-state index >= 15 is 0 Å². The number of carbonyl (C=O) groups excluding carboxylic acids is 2. The van der Waals surface area contributed by atoms with Crippen LogP contribution < -0.4 is 0 Å². The highest BCUT2D eigenvalue weighted by atomic mass is 16.5. The number of unbranched alkanes of at least 4 members (excludes halogenated alkanes) is 1. The molecule has 0 amide bonds. The number of hydrogen-bond acceptors (Lipinski definition) is 4. The molecule has 19 heavy (non-hydrogen) atoms. The summed E-state index contributed by atoms with van der Waals surface area (Å²) < 4.78 is 10.1. The summed E-state index contributed by atoms with van der Waals surface area (Å²) in [6, 6.07) is 0. The van der Waals surface area contributed by atoms with Crippen molar-refractivity contribution in [1.29, 1.82) is 0 Å². The van der Waals surface area contributed by atoms with Gasteiger partial charge in [-0.25, -0.2) is 0 Å². The van der Waals surface area contributed by atoms with Crippen molar-refractivity contribution in [3.05, 3.63) is 12.2 Å². The lowest BCUT2D eigenvalue weighted by Gasteiger charge is -2.16. The Morgan fingerprint density at radius 1 is 1.05 bits per heavy atom. The molecule has 0 spiro atoms. The van der Waals surface area contributed by atoms with Crippen LogP contribution in [-0.2, 0) is 19.1 Å². The molecule has 0 aliphatic heterocycles. The summed E-state index contributed by atoms with van der Waals surface area (Å²) in [5, 5.41) is 0. The molecule has 0 heterocycles. The predicted octanol–water partition coefficient (Wildman–Crippen LogP) is 3.25. The Morgan fingerprint density at radius 3 is 2.26 bits per heavy atom. The van der Waals surface area contributed by atoms with Crippen LogP contribution in [0.3, 0.4) is 0 Å². The van der Waals surface area contributed by atoms with Gasteiger partial charge in [0.1, 0.15) is 12.7 Å². The van der Waals surface area contributed by atoms with Crippen molar-refractivity contribution in [2.24, 2.45) is 5.92 Å². The van der Waals surface area contributed by atoms with Gasteiger partial charge >= 0.3 is 11.9 Å². The fourth-order valence-electron chi connectivity index (χ4n) is 1.17. The Morgan fingerprint density at radius 2 is 1.68 bits per heavy atom. The maximum absolute atomic E-state index is 11.4. The molecule has 0 saturated carbocycles. The molecule has 1 unspecified atom stereocenters. The average molecular weight is 270 g/mol. The number of allylic oxidation sites excluding steroid dienone is 1. The van der Waals surface area contributed by atoms with E-state index < -0.39 is 0 Å². The molecular formula is C15H26O4. The number of carbonyl (C=O) groups is 2. The topological polar surface area (TPSA) is 52.6 Å². The molecule has 0 aromatic rings. The molecular weight excluding hydrogens is 244 g/mol. The molecule has 4 heteroatoms. The quantitative estimate of drug-likeness (QED) is 0.476. The molecule has 0 aliphatic carbocycles. The van der Waals surface area contributed by atoms with Gasteiger partial charge in [0.2, 0.25) is 0 Å². The SMILES string of the molecule is CCC/C=C\COC(=O)CCC(=O)OC(C)C(C)C. The predicted molar refractivity (Wildman–Crippen MR) is 74.6 cm³/mol. The van der Waals surface area contributed by atoms with Crippen LogP contribution in [0.4, 0.5) is 0 Å². The van der Waals surface area contributed by atoms with Crippen molar-refractivity contribution in [3.8, 4) is 0 Å². The van der Waals surface area contributed by atoms with Crippen LogP contribution in [0.15, 0.2) is 12.2 Å². The Bertz CT molecular complexity index is 295. The first kappa shape index (κ1) is 17.7. The summed E-state index contributed by atoms with van der Waals surface area (Å²) in [7, 11) is 0.